The number of rotatable bonds is 4. The molecule has 1 heterocycles. The van der Waals surface area contributed by atoms with Gasteiger partial charge < -0.3 is 5.32 Å². The predicted molar refractivity (Wildman–Crippen MR) is 64.5 cm³/mol. The van der Waals surface area contributed by atoms with Crippen LogP contribution in [0.3, 0.4) is 0 Å². The van der Waals surface area contributed by atoms with Crippen LogP contribution in [0, 0.1) is 17.5 Å². The van der Waals surface area contributed by atoms with Crippen molar-refractivity contribution < 1.29 is 18.0 Å². The number of hydrogen-bond donors (Lipinski definition) is 1. The van der Waals surface area contributed by atoms with Crippen LogP contribution in [0.2, 0.25) is 0 Å². The number of halogens is 3. The average molecular weight is 286 g/mol. The number of carbonyl (C=O) groups is 1. The Hall–Kier alpha value is -1.89. The summed E-state index contributed by atoms with van der Waals surface area (Å²) in [4.78, 5) is 15.6. The van der Waals surface area contributed by atoms with Gasteiger partial charge in [0.2, 0.25) is 0 Å². The Morgan fingerprint density at radius 3 is 2.53 bits per heavy atom. The number of thiazole rings is 1. The molecule has 7 heteroatoms. The maximum absolute atomic E-state index is 12.9. The Kier molecular flexibility index (Phi) is 4.16. The first-order chi connectivity index (χ1) is 9.08. The molecule has 3 nitrogen and oxygen atoms in total. The molecule has 0 aliphatic rings. The standard InChI is InChI=1S/C12H9F3N2OS/c13-8-5-7(6-9(14)11(8)15)12(18)17-2-1-10-16-3-4-19-10/h3-6H,1-2H2,(H,17,18). The number of aromatic nitrogens is 1. The topological polar surface area (TPSA) is 42.0 Å². The predicted octanol–water partition coefficient (Wildman–Crippen LogP) is 2.53. The van der Waals surface area contributed by atoms with E-state index in [-0.39, 0.29) is 12.1 Å². The lowest BCUT2D eigenvalue weighted by atomic mass is 10.2. The molecule has 0 aliphatic carbocycles. The van der Waals surface area contributed by atoms with Crippen molar-refractivity contribution in [3.05, 3.63) is 51.7 Å². The highest BCUT2D eigenvalue weighted by molar-refractivity contribution is 7.09. The molecular weight excluding hydrogens is 277 g/mol. The molecule has 0 bridgehead atoms. The Morgan fingerprint density at radius 2 is 1.95 bits per heavy atom. The molecule has 0 atom stereocenters. The number of amides is 1. The largest absolute Gasteiger partial charge is 0.352 e. The monoisotopic (exact) mass is 286 g/mol. The van der Waals surface area contributed by atoms with Gasteiger partial charge in [-0.05, 0) is 12.1 Å². The molecule has 0 saturated heterocycles. The molecule has 0 unspecified atom stereocenters. The van der Waals surface area contributed by atoms with Gasteiger partial charge in [-0.1, -0.05) is 0 Å². The van der Waals surface area contributed by atoms with Crippen LogP contribution in [-0.4, -0.2) is 17.4 Å². The lowest BCUT2D eigenvalue weighted by Crippen LogP contribution is -2.26. The minimum Gasteiger partial charge on any atom is -0.352 e. The molecule has 0 saturated carbocycles. The molecular formula is C12H9F3N2OS. The third-order valence-electron chi connectivity index (χ3n) is 2.35. The first-order valence-electron chi connectivity index (χ1n) is 5.39. The zero-order valence-electron chi connectivity index (χ0n) is 9.62. The van der Waals surface area contributed by atoms with Crippen LogP contribution in [0.4, 0.5) is 13.2 Å². The molecule has 1 N–H and O–H groups in total. The van der Waals surface area contributed by atoms with Crippen molar-refractivity contribution in [3.63, 3.8) is 0 Å². The maximum atomic E-state index is 12.9. The van der Waals surface area contributed by atoms with Gasteiger partial charge in [-0.2, -0.15) is 0 Å². The molecule has 100 valence electrons. The molecule has 2 rings (SSSR count). The fraction of sp³-hybridized carbons (Fsp3) is 0.167. The van der Waals surface area contributed by atoms with E-state index in [0.717, 1.165) is 5.01 Å². The fourth-order valence-corrected chi connectivity index (χ4v) is 2.07. The van der Waals surface area contributed by atoms with E-state index in [1.165, 1.54) is 11.3 Å². The quantitative estimate of drug-likeness (QED) is 0.878. The van der Waals surface area contributed by atoms with E-state index >= 15 is 0 Å². The van der Waals surface area contributed by atoms with E-state index in [4.69, 9.17) is 0 Å². The van der Waals surface area contributed by atoms with Gasteiger partial charge in [-0.3, -0.25) is 4.79 Å². The third-order valence-corrected chi connectivity index (χ3v) is 3.19. The van der Waals surface area contributed by atoms with Gasteiger partial charge in [-0.15, -0.1) is 11.3 Å². The van der Waals surface area contributed by atoms with E-state index in [2.05, 4.69) is 10.3 Å². The normalized spacial score (nSPS) is 10.5. The summed E-state index contributed by atoms with van der Waals surface area (Å²) < 4.78 is 38.6. The van der Waals surface area contributed by atoms with Crippen molar-refractivity contribution in [2.45, 2.75) is 6.42 Å². The van der Waals surface area contributed by atoms with E-state index in [9.17, 15) is 18.0 Å². The van der Waals surface area contributed by atoms with E-state index in [1.807, 2.05) is 5.38 Å². The van der Waals surface area contributed by atoms with Crippen LogP contribution in [0.25, 0.3) is 0 Å². The first kappa shape index (κ1) is 13.5. The van der Waals surface area contributed by atoms with Crippen molar-refractivity contribution in [3.8, 4) is 0 Å². The van der Waals surface area contributed by atoms with E-state index in [0.29, 0.717) is 18.6 Å². The zero-order chi connectivity index (χ0) is 13.8. The van der Waals surface area contributed by atoms with Crippen LogP contribution < -0.4 is 5.32 Å². The summed E-state index contributed by atoms with van der Waals surface area (Å²) in [5.74, 6) is -5.01. The van der Waals surface area contributed by atoms with Gasteiger partial charge in [-0.25, -0.2) is 18.2 Å². The van der Waals surface area contributed by atoms with Crippen molar-refractivity contribution in [2.75, 3.05) is 6.54 Å². The fourth-order valence-electron chi connectivity index (χ4n) is 1.45. The van der Waals surface area contributed by atoms with Crippen LogP contribution in [0.15, 0.2) is 23.7 Å². The lowest BCUT2D eigenvalue weighted by molar-refractivity contribution is 0.0953. The first-order valence-corrected chi connectivity index (χ1v) is 6.27. The molecule has 1 aromatic heterocycles. The maximum Gasteiger partial charge on any atom is 0.251 e. The Labute approximate surface area is 111 Å². The Balaban J connectivity index is 1.96. The third kappa shape index (κ3) is 3.31. The molecule has 2 aromatic rings. The molecule has 0 fully saturated rings. The average Bonchev–Trinajstić information content (AvgIpc) is 2.88. The summed E-state index contributed by atoms with van der Waals surface area (Å²) in [6.45, 7) is 0.285. The summed E-state index contributed by atoms with van der Waals surface area (Å²) in [7, 11) is 0. The molecule has 19 heavy (non-hydrogen) atoms. The second kappa shape index (κ2) is 5.83. The summed E-state index contributed by atoms with van der Waals surface area (Å²) in [5.41, 5.74) is -0.254. The zero-order valence-corrected chi connectivity index (χ0v) is 10.4. The Bertz CT molecular complexity index is 564. The number of hydrogen-bond acceptors (Lipinski definition) is 3. The number of nitrogens with zero attached hydrogens (tertiary/aromatic N) is 1. The molecule has 0 spiro atoms. The smallest absolute Gasteiger partial charge is 0.251 e. The van der Waals surface area contributed by atoms with Gasteiger partial charge in [0.15, 0.2) is 17.5 Å². The molecule has 1 aromatic carbocycles. The van der Waals surface area contributed by atoms with Crippen molar-refractivity contribution in [2.24, 2.45) is 0 Å². The molecule has 0 radical (unpaired) electrons. The van der Waals surface area contributed by atoms with Gasteiger partial charge >= 0.3 is 0 Å². The van der Waals surface area contributed by atoms with Crippen molar-refractivity contribution in [1.82, 2.24) is 10.3 Å². The van der Waals surface area contributed by atoms with Gasteiger partial charge in [0, 0.05) is 30.1 Å². The summed E-state index contributed by atoms with van der Waals surface area (Å²) in [6.07, 6.45) is 2.17. The van der Waals surface area contributed by atoms with Crippen molar-refractivity contribution in [1.29, 1.82) is 0 Å². The molecule has 1 amide bonds. The second-order valence-corrected chi connectivity index (χ2v) is 4.66. The minimum absolute atomic E-state index is 0.254. The number of nitrogens with one attached hydrogen (secondary N) is 1. The summed E-state index contributed by atoms with van der Waals surface area (Å²) in [5, 5.41) is 5.13. The molecule has 0 aliphatic heterocycles. The Morgan fingerprint density at radius 1 is 1.26 bits per heavy atom. The van der Waals surface area contributed by atoms with Crippen LogP contribution in [0.5, 0.6) is 0 Å². The van der Waals surface area contributed by atoms with Crippen LogP contribution in [-0.2, 0) is 6.42 Å². The van der Waals surface area contributed by atoms with Gasteiger partial charge in [0.25, 0.3) is 5.91 Å². The highest BCUT2D eigenvalue weighted by atomic mass is 32.1. The number of carbonyl (C=O) groups excluding carboxylic acids is 1. The summed E-state index contributed by atoms with van der Waals surface area (Å²) in [6, 6.07) is 1.33. The van der Waals surface area contributed by atoms with Crippen LogP contribution in [0.1, 0.15) is 15.4 Å². The minimum atomic E-state index is -1.58. The second-order valence-electron chi connectivity index (χ2n) is 3.69. The SMILES string of the molecule is O=C(NCCc1nccs1)c1cc(F)c(F)c(F)c1. The van der Waals surface area contributed by atoms with E-state index < -0.39 is 23.4 Å². The number of benzene rings is 1. The van der Waals surface area contributed by atoms with Gasteiger partial charge in [0.05, 0.1) is 5.01 Å². The van der Waals surface area contributed by atoms with Gasteiger partial charge in [0.1, 0.15) is 0 Å². The van der Waals surface area contributed by atoms with E-state index in [1.54, 1.807) is 6.20 Å². The van der Waals surface area contributed by atoms with Crippen LogP contribution >= 0.6 is 11.3 Å². The highest BCUT2D eigenvalue weighted by Gasteiger charge is 2.14. The summed E-state index contributed by atoms with van der Waals surface area (Å²) >= 11 is 1.45. The lowest BCUT2D eigenvalue weighted by Gasteiger charge is -2.05. The van der Waals surface area contributed by atoms with Crippen molar-refractivity contribution >= 4 is 17.2 Å². The highest BCUT2D eigenvalue weighted by Crippen LogP contribution is 2.13.